The average Bonchev–Trinajstić information content (AvgIpc) is 2.49. The Balaban J connectivity index is 2.36. The smallest absolute Gasteiger partial charge is 0.262 e. The van der Waals surface area contributed by atoms with Crippen LogP contribution >= 0.6 is 0 Å². The first-order valence-electron chi connectivity index (χ1n) is 7.28. The van der Waals surface area contributed by atoms with Crippen LogP contribution < -0.4 is 5.56 Å². The van der Waals surface area contributed by atoms with Gasteiger partial charge in [0.2, 0.25) is 0 Å². The summed E-state index contributed by atoms with van der Waals surface area (Å²) < 4.78 is 1.80. The maximum Gasteiger partial charge on any atom is 0.262 e. The molecule has 20 heavy (non-hydrogen) atoms. The van der Waals surface area contributed by atoms with Crippen molar-refractivity contribution in [2.75, 3.05) is 0 Å². The molecule has 3 heteroatoms. The van der Waals surface area contributed by atoms with E-state index in [-0.39, 0.29) is 11.3 Å². The van der Waals surface area contributed by atoms with Crippen LogP contribution in [0.3, 0.4) is 0 Å². The molecule has 0 radical (unpaired) electrons. The van der Waals surface area contributed by atoms with E-state index < -0.39 is 0 Å². The molecule has 0 saturated carbocycles. The van der Waals surface area contributed by atoms with Gasteiger partial charge in [-0.15, -0.1) is 0 Å². The van der Waals surface area contributed by atoms with E-state index in [9.17, 15) is 9.90 Å². The molecule has 1 heterocycles. The van der Waals surface area contributed by atoms with E-state index in [4.69, 9.17) is 0 Å². The van der Waals surface area contributed by atoms with Crippen molar-refractivity contribution in [2.45, 2.75) is 39.0 Å². The van der Waals surface area contributed by atoms with E-state index >= 15 is 0 Å². The van der Waals surface area contributed by atoms with Gasteiger partial charge in [0.1, 0.15) is 5.75 Å². The predicted molar refractivity (Wildman–Crippen MR) is 79.7 cm³/mol. The average molecular weight is 269 g/mol. The quantitative estimate of drug-likeness (QED) is 0.910. The molecule has 0 fully saturated rings. The van der Waals surface area contributed by atoms with Crippen molar-refractivity contribution in [1.29, 1.82) is 0 Å². The molecule has 3 nitrogen and oxygen atoms in total. The molecule has 1 N–H and O–H groups in total. The molecule has 1 aliphatic rings. The highest BCUT2D eigenvalue weighted by atomic mass is 16.3. The highest BCUT2D eigenvalue weighted by Gasteiger charge is 2.23. The fraction of sp³-hybridized carbons (Fsp3) is 0.353. The Morgan fingerprint density at radius 2 is 1.85 bits per heavy atom. The summed E-state index contributed by atoms with van der Waals surface area (Å²) in [6, 6.07) is 9.73. The van der Waals surface area contributed by atoms with Crippen LogP contribution in [-0.2, 0) is 19.3 Å². The molecule has 0 atom stereocenters. The van der Waals surface area contributed by atoms with Crippen molar-refractivity contribution in [2.24, 2.45) is 0 Å². The molecule has 0 amide bonds. The number of hydrogen-bond acceptors (Lipinski definition) is 2. The fourth-order valence-corrected chi connectivity index (χ4v) is 3.10. The topological polar surface area (TPSA) is 42.2 Å². The molecule has 0 aliphatic heterocycles. The number of rotatable bonds is 2. The third-order valence-corrected chi connectivity index (χ3v) is 4.11. The summed E-state index contributed by atoms with van der Waals surface area (Å²) in [7, 11) is 0. The van der Waals surface area contributed by atoms with Gasteiger partial charge in [0.25, 0.3) is 5.56 Å². The second kappa shape index (κ2) is 5.16. The summed E-state index contributed by atoms with van der Waals surface area (Å²) in [6.07, 6.45) is 4.43. The number of benzene rings is 1. The second-order valence-electron chi connectivity index (χ2n) is 5.29. The zero-order valence-corrected chi connectivity index (χ0v) is 11.7. The largest absolute Gasteiger partial charge is 0.507 e. The molecule has 1 aliphatic carbocycles. The van der Waals surface area contributed by atoms with Crippen molar-refractivity contribution in [3.8, 4) is 11.4 Å². The lowest BCUT2D eigenvalue weighted by molar-refractivity contribution is 0.448. The van der Waals surface area contributed by atoms with Gasteiger partial charge >= 0.3 is 0 Å². The van der Waals surface area contributed by atoms with Gasteiger partial charge in [-0.3, -0.25) is 9.36 Å². The fourth-order valence-electron chi connectivity index (χ4n) is 3.10. The number of aromatic hydroxyl groups is 1. The minimum atomic E-state index is -0.0724. The van der Waals surface area contributed by atoms with Gasteiger partial charge in [-0.1, -0.05) is 25.1 Å². The number of para-hydroxylation sites is 1. The minimum Gasteiger partial charge on any atom is -0.507 e. The molecule has 3 rings (SSSR count). The third-order valence-electron chi connectivity index (χ3n) is 4.11. The van der Waals surface area contributed by atoms with Gasteiger partial charge in [0, 0.05) is 16.9 Å². The van der Waals surface area contributed by atoms with E-state index in [0.29, 0.717) is 12.0 Å². The highest BCUT2D eigenvalue weighted by Crippen LogP contribution is 2.31. The van der Waals surface area contributed by atoms with Crippen LogP contribution in [0.5, 0.6) is 5.75 Å². The summed E-state index contributed by atoms with van der Waals surface area (Å²) in [5.41, 5.74) is 3.32. The molecule has 0 spiro atoms. The molecule has 104 valence electrons. The lowest BCUT2D eigenvalue weighted by Gasteiger charge is -2.23. The first kappa shape index (κ1) is 13.0. The summed E-state index contributed by atoms with van der Waals surface area (Å²) in [5.74, 6) is 0.236. The van der Waals surface area contributed by atoms with E-state index in [1.165, 1.54) is 0 Å². The van der Waals surface area contributed by atoms with Crippen molar-refractivity contribution in [3.05, 3.63) is 57.5 Å². The number of aromatic nitrogens is 1. The Hall–Kier alpha value is -2.03. The summed E-state index contributed by atoms with van der Waals surface area (Å²) in [6.45, 7) is 1.92. The SMILES string of the molecule is CCc1c(O)c2c(n(-c3ccccc3)c1=O)CCCC2. The van der Waals surface area contributed by atoms with Crippen LogP contribution in [0.25, 0.3) is 5.69 Å². The standard InChI is InChI=1S/C17H19NO2/c1-2-13-16(19)14-10-6-7-11-15(14)18(17(13)20)12-8-4-3-5-9-12/h3-5,8-9,19H,2,6-7,10-11H2,1H3. The predicted octanol–water partition coefficient (Wildman–Crippen LogP) is 2.98. The maximum atomic E-state index is 12.7. The van der Waals surface area contributed by atoms with Crippen molar-refractivity contribution in [3.63, 3.8) is 0 Å². The second-order valence-corrected chi connectivity index (χ2v) is 5.29. The van der Waals surface area contributed by atoms with E-state index in [0.717, 1.165) is 42.6 Å². The van der Waals surface area contributed by atoms with Crippen molar-refractivity contribution in [1.82, 2.24) is 4.57 Å². The Morgan fingerprint density at radius 3 is 2.55 bits per heavy atom. The van der Waals surface area contributed by atoms with Crippen molar-refractivity contribution < 1.29 is 5.11 Å². The molecule has 0 unspecified atom stereocenters. The first-order chi connectivity index (χ1) is 9.74. The molecule has 1 aromatic heterocycles. The van der Waals surface area contributed by atoms with Crippen LogP contribution in [0.1, 0.15) is 36.6 Å². The highest BCUT2D eigenvalue weighted by molar-refractivity contribution is 5.48. The Labute approximate surface area is 118 Å². The van der Waals surface area contributed by atoms with Gasteiger partial charge < -0.3 is 5.11 Å². The normalized spacial score (nSPS) is 14.1. The summed E-state index contributed by atoms with van der Waals surface area (Å²) >= 11 is 0. The third kappa shape index (κ3) is 1.94. The molecular formula is C17H19NO2. The summed E-state index contributed by atoms with van der Waals surface area (Å²) in [5, 5.41) is 10.4. The monoisotopic (exact) mass is 269 g/mol. The van der Waals surface area contributed by atoms with Crippen molar-refractivity contribution >= 4 is 0 Å². The zero-order chi connectivity index (χ0) is 14.1. The summed E-state index contributed by atoms with van der Waals surface area (Å²) in [4.78, 5) is 12.7. The van der Waals surface area contributed by atoms with Crippen LogP contribution in [0.4, 0.5) is 0 Å². The van der Waals surface area contributed by atoms with E-state index in [2.05, 4.69) is 0 Å². The number of hydrogen-bond donors (Lipinski definition) is 1. The molecular weight excluding hydrogens is 250 g/mol. The van der Waals surface area contributed by atoms with Gasteiger partial charge in [0.15, 0.2) is 0 Å². The van der Waals surface area contributed by atoms with Gasteiger partial charge in [-0.05, 0) is 44.2 Å². The number of fused-ring (bicyclic) bond motifs is 1. The van der Waals surface area contributed by atoms with Crippen LogP contribution in [-0.4, -0.2) is 9.67 Å². The maximum absolute atomic E-state index is 12.7. The Bertz CT molecular complexity index is 686. The first-order valence-corrected chi connectivity index (χ1v) is 7.28. The Kier molecular flexibility index (Phi) is 3.35. The van der Waals surface area contributed by atoms with Crippen LogP contribution in [0.2, 0.25) is 0 Å². The van der Waals surface area contributed by atoms with Gasteiger partial charge in [0.05, 0.1) is 5.56 Å². The zero-order valence-electron chi connectivity index (χ0n) is 11.7. The minimum absolute atomic E-state index is 0.0724. The van der Waals surface area contributed by atoms with Gasteiger partial charge in [-0.2, -0.15) is 0 Å². The van der Waals surface area contributed by atoms with Gasteiger partial charge in [-0.25, -0.2) is 0 Å². The van der Waals surface area contributed by atoms with E-state index in [1.54, 1.807) is 4.57 Å². The molecule has 2 aromatic rings. The number of pyridine rings is 1. The van der Waals surface area contributed by atoms with E-state index in [1.807, 2.05) is 37.3 Å². The Morgan fingerprint density at radius 1 is 1.15 bits per heavy atom. The molecule has 1 aromatic carbocycles. The van der Waals surface area contributed by atoms with Crippen LogP contribution in [0, 0.1) is 0 Å². The number of nitrogens with zero attached hydrogens (tertiary/aromatic N) is 1. The van der Waals surface area contributed by atoms with Crippen LogP contribution in [0.15, 0.2) is 35.1 Å². The molecule has 0 bridgehead atoms. The lowest BCUT2D eigenvalue weighted by atomic mass is 9.92. The molecule has 0 saturated heterocycles. The lowest BCUT2D eigenvalue weighted by Crippen LogP contribution is -2.28.